The summed E-state index contributed by atoms with van der Waals surface area (Å²) in [7, 11) is 3.68. The molecular formula is C36H33ClFN5O3. The SMILES string of the molecule is COc1cccc(-c2c(NC(=O)/C=C/[C@H]3CCCN3C)ccc3ncnc(Nc4ccc(OCc5cccc(F)c5)c(Cl)c4)c23)c1. The van der Waals surface area contributed by atoms with Crippen molar-refractivity contribution in [1.29, 1.82) is 0 Å². The van der Waals surface area contributed by atoms with E-state index in [0.29, 0.717) is 50.2 Å². The van der Waals surface area contributed by atoms with Crippen molar-refractivity contribution in [2.45, 2.75) is 25.5 Å². The summed E-state index contributed by atoms with van der Waals surface area (Å²) in [5, 5.41) is 7.54. The number of benzene rings is 4. The van der Waals surface area contributed by atoms with Crippen molar-refractivity contribution < 1.29 is 18.7 Å². The molecule has 1 saturated heterocycles. The summed E-state index contributed by atoms with van der Waals surface area (Å²) in [6, 6.07) is 23.1. The zero-order valence-corrected chi connectivity index (χ0v) is 26.2. The average molecular weight is 638 g/mol. The first kappa shape index (κ1) is 31.0. The summed E-state index contributed by atoms with van der Waals surface area (Å²) in [4.78, 5) is 24.6. The van der Waals surface area contributed by atoms with E-state index in [2.05, 4.69) is 32.5 Å². The lowest BCUT2D eigenvalue weighted by atomic mass is 9.98. The van der Waals surface area contributed by atoms with Crippen LogP contribution in [0.15, 0.2) is 97.3 Å². The van der Waals surface area contributed by atoms with Gasteiger partial charge in [0.1, 0.15) is 36.1 Å². The fraction of sp³-hybridized carbons (Fsp3) is 0.194. The van der Waals surface area contributed by atoms with E-state index < -0.39 is 0 Å². The van der Waals surface area contributed by atoms with Gasteiger partial charge in [-0.1, -0.05) is 41.9 Å². The van der Waals surface area contributed by atoms with Crippen LogP contribution in [0.4, 0.5) is 21.6 Å². The van der Waals surface area contributed by atoms with Crippen molar-refractivity contribution in [2.75, 3.05) is 31.3 Å². The Morgan fingerprint density at radius 2 is 1.96 bits per heavy atom. The molecule has 1 aliphatic heterocycles. The minimum Gasteiger partial charge on any atom is -0.497 e. The van der Waals surface area contributed by atoms with Gasteiger partial charge in [0.25, 0.3) is 0 Å². The molecule has 1 atom stereocenters. The zero-order valence-electron chi connectivity index (χ0n) is 25.5. The maximum atomic E-state index is 13.6. The second-order valence-electron chi connectivity index (χ2n) is 11.1. The van der Waals surface area contributed by atoms with E-state index >= 15 is 0 Å². The number of methoxy groups -OCH3 is 1. The Bertz CT molecular complexity index is 1920. The highest BCUT2D eigenvalue weighted by Crippen LogP contribution is 2.40. The van der Waals surface area contributed by atoms with Crippen LogP contribution in [0.3, 0.4) is 0 Å². The molecule has 4 aromatic carbocycles. The first-order valence-corrected chi connectivity index (χ1v) is 15.3. The minimum absolute atomic E-state index is 0.172. The van der Waals surface area contributed by atoms with Gasteiger partial charge in [-0.2, -0.15) is 0 Å². The van der Waals surface area contributed by atoms with Gasteiger partial charge in [-0.05, 0) is 92.2 Å². The number of ether oxygens (including phenoxy) is 2. The smallest absolute Gasteiger partial charge is 0.248 e. The van der Waals surface area contributed by atoms with Gasteiger partial charge in [-0.15, -0.1) is 0 Å². The van der Waals surface area contributed by atoms with Gasteiger partial charge >= 0.3 is 0 Å². The fourth-order valence-electron chi connectivity index (χ4n) is 5.60. The number of hydrogen-bond acceptors (Lipinski definition) is 7. The lowest BCUT2D eigenvalue weighted by Gasteiger charge is -2.18. The highest BCUT2D eigenvalue weighted by atomic mass is 35.5. The van der Waals surface area contributed by atoms with Crippen LogP contribution in [0.2, 0.25) is 5.02 Å². The van der Waals surface area contributed by atoms with Gasteiger partial charge < -0.3 is 20.1 Å². The Balaban J connectivity index is 1.34. The predicted octanol–water partition coefficient (Wildman–Crippen LogP) is 8.01. The first-order chi connectivity index (χ1) is 22.4. The molecule has 1 aromatic heterocycles. The molecule has 1 amide bonds. The molecule has 1 fully saturated rings. The van der Waals surface area contributed by atoms with Gasteiger partial charge in [-0.25, -0.2) is 14.4 Å². The highest BCUT2D eigenvalue weighted by molar-refractivity contribution is 6.32. The number of fused-ring (bicyclic) bond motifs is 1. The topological polar surface area (TPSA) is 88.6 Å². The number of hydrogen-bond donors (Lipinski definition) is 2. The van der Waals surface area contributed by atoms with Gasteiger partial charge in [0.2, 0.25) is 5.91 Å². The van der Waals surface area contributed by atoms with Crippen LogP contribution < -0.4 is 20.1 Å². The lowest BCUT2D eigenvalue weighted by molar-refractivity contribution is -0.111. The summed E-state index contributed by atoms with van der Waals surface area (Å²) < 4.78 is 25.0. The number of carbonyl (C=O) groups excluding carboxylic acids is 1. The van der Waals surface area contributed by atoms with Gasteiger partial charge in [0.05, 0.1) is 23.0 Å². The molecule has 0 aliphatic carbocycles. The van der Waals surface area contributed by atoms with Crippen molar-refractivity contribution in [3.63, 3.8) is 0 Å². The number of carbonyl (C=O) groups is 1. The molecule has 10 heteroatoms. The van der Waals surface area contributed by atoms with Crippen LogP contribution in [-0.2, 0) is 11.4 Å². The molecule has 0 spiro atoms. The number of likely N-dealkylation sites (N-methyl/N-ethyl adjacent to an activating group) is 1. The van der Waals surface area contributed by atoms with E-state index in [4.69, 9.17) is 21.1 Å². The number of likely N-dealkylation sites (tertiary alicyclic amines) is 1. The molecule has 0 radical (unpaired) electrons. The number of anilines is 3. The number of nitrogens with zero attached hydrogens (tertiary/aromatic N) is 3. The number of halogens is 2. The van der Waals surface area contributed by atoms with E-state index in [9.17, 15) is 9.18 Å². The molecule has 46 heavy (non-hydrogen) atoms. The Hall–Kier alpha value is -4.99. The van der Waals surface area contributed by atoms with Gasteiger partial charge in [-0.3, -0.25) is 9.69 Å². The molecule has 5 aromatic rings. The van der Waals surface area contributed by atoms with E-state index in [1.807, 2.05) is 48.5 Å². The molecule has 2 N–H and O–H groups in total. The number of amides is 1. The lowest BCUT2D eigenvalue weighted by Crippen LogP contribution is -2.23. The summed E-state index contributed by atoms with van der Waals surface area (Å²) in [5.74, 6) is 1.10. The quantitative estimate of drug-likeness (QED) is 0.150. The molecule has 8 nitrogen and oxygen atoms in total. The molecule has 234 valence electrons. The molecule has 2 heterocycles. The van der Waals surface area contributed by atoms with Crippen LogP contribution in [-0.4, -0.2) is 47.5 Å². The largest absolute Gasteiger partial charge is 0.497 e. The van der Waals surface area contributed by atoms with Crippen molar-refractivity contribution in [2.24, 2.45) is 0 Å². The maximum Gasteiger partial charge on any atom is 0.248 e. The summed E-state index contributed by atoms with van der Waals surface area (Å²) in [5.41, 5.74) is 4.19. The van der Waals surface area contributed by atoms with E-state index in [1.165, 1.54) is 18.5 Å². The first-order valence-electron chi connectivity index (χ1n) is 14.9. The minimum atomic E-state index is -0.326. The van der Waals surface area contributed by atoms with Crippen LogP contribution in [0, 0.1) is 5.82 Å². The van der Waals surface area contributed by atoms with E-state index in [1.54, 1.807) is 37.5 Å². The third-order valence-electron chi connectivity index (χ3n) is 7.94. The van der Waals surface area contributed by atoms with Crippen LogP contribution in [0.1, 0.15) is 18.4 Å². The molecule has 0 unspecified atom stereocenters. The highest BCUT2D eigenvalue weighted by Gasteiger charge is 2.20. The Morgan fingerprint density at radius 1 is 1.09 bits per heavy atom. The average Bonchev–Trinajstić information content (AvgIpc) is 3.48. The molecule has 1 aliphatic rings. The van der Waals surface area contributed by atoms with Crippen LogP contribution >= 0.6 is 11.6 Å². The van der Waals surface area contributed by atoms with Crippen molar-refractivity contribution in [1.82, 2.24) is 14.9 Å². The monoisotopic (exact) mass is 637 g/mol. The third-order valence-corrected chi connectivity index (χ3v) is 8.24. The maximum absolute atomic E-state index is 13.6. The van der Waals surface area contributed by atoms with Gasteiger partial charge in [0, 0.05) is 29.1 Å². The molecular weight excluding hydrogens is 605 g/mol. The number of rotatable bonds is 10. The molecule has 0 bridgehead atoms. The Kier molecular flexibility index (Phi) is 9.42. The second kappa shape index (κ2) is 14.0. The van der Waals surface area contributed by atoms with Crippen molar-refractivity contribution in [3.05, 3.63) is 114 Å². The molecule has 0 saturated carbocycles. The third kappa shape index (κ3) is 7.11. The zero-order chi connectivity index (χ0) is 32.0. The summed E-state index contributed by atoms with van der Waals surface area (Å²) in [6.07, 6.45) is 7.19. The van der Waals surface area contributed by atoms with Crippen LogP contribution in [0.25, 0.3) is 22.0 Å². The molecule has 6 rings (SSSR count). The predicted molar refractivity (Wildman–Crippen MR) is 180 cm³/mol. The van der Waals surface area contributed by atoms with E-state index in [-0.39, 0.29) is 24.4 Å². The van der Waals surface area contributed by atoms with Crippen molar-refractivity contribution in [3.8, 4) is 22.6 Å². The van der Waals surface area contributed by atoms with Gasteiger partial charge in [0.15, 0.2) is 0 Å². The fourth-order valence-corrected chi connectivity index (χ4v) is 5.84. The van der Waals surface area contributed by atoms with Crippen LogP contribution in [0.5, 0.6) is 11.5 Å². The summed E-state index contributed by atoms with van der Waals surface area (Å²) >= 11 is 6.60. The summed E-state index contributed by atoms with van der Waals surface area (Å²) in [6.45, 7) is 1.19. The second-order valence-corrected chi connectivity index (χ2v) is 11.5. The Labute approximate surface area is 271 Å². The normalized spacial score (nSPS) is 14.9. The number of aromatic nitrogens is 2. The number of nitrogens with one attached hydrogen (secondary N) is 2. The standard InChI is InChI=1S/C36H33ClFN5O3/c1-43-17-5-9-27(43)12-16-33(44)42-31-14-13-30-35(34(31)24-7-4-10-28(19-24)45-2)36(40-22-39-30)41-26-11-15-32(29(37)20-26)46-21-23-6-3-8-25(38)18-23/h3-4,6-8,10-16,18-20,22,27H,5,9,17,21H2,1-2H3,(H,42,44)(H,39,40,41)/b16-12+/t27-/m1/s1. The van der Waals surface area contributed by atoms with Crippen molar-refractivity contribution >= 4 is 45.6 Å². The van der Waals surface area contributed by atoms with E-state index in [0.717, 1.165) is 30.5 Å². The Morgan fingerprint density at radius 3 is 2.74 bits per heavy atom.